The minimum Gasteiger partial charge on any atom is -0.457 e. The number of aromatic nitrogens is 1. The molecular weight excluding hydrogens is 324 g/mol. The number of amides is 1. The van der Waals surface area contributed by atoms with Crippen molar-refractivity contribution < 1.29 is 24.5 Å². The molecule has 7 heteroatoms. The summed E-state index contributed by atoms with van der Waals surface area (Å²) in [6.07, 6.45) is 2.68. The predicted octanol–water partition coefficient (Wildman–Crippen LogP) is 0.626. The van der Waals surface area contributed by atoms with Gasteiger partial charge in [-0.05, 0) is 30.5 Å². The van der Waals surface area contributed by atoms with Crippen molar-refractivity contribution in [1.82, 2.24) is 9.88 Å². The van der Waals surface area contributed by atoms with Crippen LogP contribution in [0.4, 0.5) is 0 Å². The molecule has 0 aromatic carbocycles. The van der Waals surface area contributed by atoms with Crippen LogP contribution in [0, 0.1) is 5.92 Å². The molecule has 0 aliphatic carbocycles. The van der Waals surface area contributed by atoms with Gasteiger partial charge < -0.3 is 19.8 Å². The molecule has 7 nitrogen and oxygen atoms in total. The van der Waals surface area contributed by atoms with E-state index < -0.39 is 18.0 Å². The predicted molar refractivity (Wildman–Crippen MR) is 88.7 cm³/mol. The van der Waals surface area contributed by atoms with Gasteiger partial charge in [-0.25, -0.2) is 4.79 Å². The van der Waals surface area contributed by atoms with Gasteiger partial charge in [-0.15, -0.1) is 0 Å². The molecule has 3 rings (SSSR count). The van der Waals surface area contributed by atoms with Crippen LogP contribution in [0.25, 0.3) is 5.57 Å². The van der Waals surface area contributed by atoms with E-state index in [1.54, 1.807) is 25.3 Å². The van der Waals surface area contributed by atoms with Crippen LogP contribution in [-0.4, -0.2) is 50.7 Å². The van der Waals surface area contributed by atoms with Crippen LogP contribution in [0.1, 0.15) is 24.6 Å². The van der Waals surface area contributed by atoms with Gasteiger partial charge in [0.1, 0.15) is 12.3 Å². The maximum atomic E-state index is 12.5. The van der Waals surface area contributed by atoms with Gasteiger partial charge in [0.2, 0.25) is 5.91 Å². The van der Waals surface area contributed by atoms with E-state index in [1.807, 2.05) is 0 Å². The molecular formula is C18H20N2O5. The number of aliphatic hydroxyl groups excluding tert-OH is 2. The fraction of sp³-hybridized carbons (Fsp3) is 0.389. The Morgan fingerprint density at radius 3 is 2.88 bits per heavy atom. The van der Waals surface area contributed by atoms with Gasteiger partial charge >= 0.3 is 5.97 Å². The maximum absolute atomic E-state index is 12.5. The van der Waals surface area contributed by atoms with Crippen molar-refractivity contribution in [3.05, 3.63) is 47.9 Å². The topological polar surface area (TPSA) is 100.0 Å². The zero-order valence-corrected chi connectivity index (χ0v) is 13.9. The number of carbonyl (C=O) groups excluding carboxylic acids is 2. The van der Waals surface area contributed by atoms with Crippen LogP contribution >= 0.6 is 0 Å². The molecule has 2 aliphatic heterocycles. The van der Waals surface area contributed by atoms with E-state index in [0.29, 0.717) is 23.3 Å². The molecule has 0 bridgehead atoms. The summed E-state index contributed by atoms with van der Waals surface area (Å²) in [5, 5.41) is 19.0. The molecule has 0 spiro atoms. The first-order chi connectivity index (χ1) is 12.0. The molecule has 1 fully saturated rings. The zero-order valence-electron chi connectivity index (χ0n) is 13.9. The van der Waals surface area contributed by atoms with E-state index in [9.17, 15) is 14.7 Å². The number of esters is 1. The summed E-state index contributed by atoms with van der Waals surface area (Å²) in [5.41, 5.74) is 2.06. The van der Waals surface area contributed by atoms with E-state index in [4.69, 9.17) is 9.84 Å². The van der Waals surface area contributed by atoms with E-state index >= 15 is 0 Å². The van der Waals surface area contributed by atoms with Gasteiger partial charge in [0.15, 0.2) is 0 Å². The Labute approximate surface area is 145 Å². The Hall–Kier alpha value is -2.51. The lowest BCUT2D eigenvalue weighted by Gasteiger charge is -2.44. The van der Waals surface area contributed by atoms with Crippen LogP contribution < -0.4 is 0 Å². The first kappa shape index (κ1) is 17.3. The third kappa shape index (κ3) is 2.85. The molecule has 25 heavy (non-hydrogen) atoms. The highest BCUT2D eigenvalue weighted by molar-refractivity contribution is 6.06. The molecule has 3 atom stereocenters. The van der Waals surface area contributed by atoms with E-state index in [0.717, 1.165) is 0 Å². The second-order valence-electron chi connectivity index (χ2n) is 6.16. The summed E-state index contributed by atoms with van der Waals surface area (Å²) in [7, 11) is 0. The van der Waals surface area contributed by atoms with Gasteiger partial charge in [-0.1, -0.05) is 18.7 Å². The van der Waals surface area contributed by atoms with E-state index in [2.05, 4.69) is 11.6 Å². The largest absolute Gasteiger partial charge is 0.457 e. The minimum atomic E-state index is -0.784. The summed E-state index contributed by atoms with van der Waals surface area (Å²) >= 11 is 0. The summed E-state index contributed by atoms with van der Waals surface area (Å²) in [5.74, 6) is -1.40. The minimum absolute atomic E-state index is 0.0455. The second-order valence-corrected chi connectivity index (χ2v) is 6.16. The molecule has 1 aromatic rings. The third-order valence-electron chi connectivity index (χ3n) is 4.59. The number of pyridine rings is 1. The molecule has 0 saturated carbocycles. The SMILES string of the molecule is C=CCOC(=O)C1=C(c2ccc(CO)nc2)C[C@@H]2[C@@H]([C@@H](C)O)C(=O)N12. The average Bonchev–Trinajstić information content (AvgIpc) is 2.94. The van der Waals surface area contributed by atoms with Crippen LogP contribution in [-0.2, 0) is 20.9 Å². The number of β-lactam (4-membered cyclic amide) rings is 1. The van der Waals surface area contributed by atoms with Gasteiger partial charge in [0, 0.05) is 6.20 Å². The number of rotatable bonds is 6. The van der Waals surface area contributed by atoms with Crippen molar-refractivity contribution in [1.29, 1.82) is 0 Å². The highest BCUT2D eigenvalue weighted by Gasteiger charge is 2.57. The maximum Gasteiger partial charge on any atom is 0.355 e. The number of nitrogens with zero attached hydrogens (tertiary/aromatic N) is 2. The molecule has 1 saturated heterocycles. The lowest BCUT2D eigenvalue weighted by Crippen LogP contribution is -2.61. The lowest BCUT2D eigenvalue weighted by atomic mass is 9.82. The summed E-state index contributed by atoms with van der Waals surface area (Å²) < 4.78 is 5.14. The number of carbonyl (C=O) groups is 2. The van der Waals surface area contributed by atoms with Crippen molar-refractivity contribution in [2.75, 3.05) is 6.61 Å². The number of hydrogen-bond donors (Lipinski definition) is 2. The summed E-state index contributed by atoms with van der Waals surface area (Å²) in [6, 6.07) is 3.16. The number of aliphatic hydroxyl groups is 2. The molecule has 2 aliphatic rings. The Morgan fingerprint density at radius 1 is 1.56 bits per heavy atom. The summed E-state index contributed by atoms with van der Waals surface area (Å²) in [4.78, 5) is 30.4. The smallest absolute Gasteiger partial charge is 0.355 e. The number of fused-ring (bicyclic) bond motifs is 1. The van der Waals surface area contributed by atoms with Crippen LogP contribution in [0.3, 0.4) is 0 Å². The molecule has 0 unspecified atom stereocenters. The first-order valence-corrected chi connectivity index (χ1v) is 8.08. The second kappa shape index (κ2) is 6.78. The van der Waals surface area contributed by atoms with Crippen LogP contribution in [0.15, 0.2) is 36.7 Å². The number of hydrogen-bond acceptors (Lipinski definition) is 6. The Morgan fingerprint density at radius 2 is 2.32 bits per heavy atom. The van der Waals surface area contributed by atoms with Gasteiger partial charge in [0.25, 0.3) is 0 Å². The van der Waals surface area contributed by atoms with E-state index in [-0.39, 0.29) is 30.9 Å². The number of ether oxygens (including phenoxy) is 1. The van der Waals surface area contributed by atoms with Crippen molar-refractivity contribution in [3.8, 4) is 0 Å². The van der Waals surface area contributed by atoms with Crippen molar-refractivity contribution >= 4 is 17.4 Å². The van der Waals surface area contributed by atoms with Gasteiger partial charge in [-0.2, -0.15) is 0 Å². The highest BCUT2D eigenvalue weighted by Crippen LogP contribution is 2.47. The Kier molecular flexibility index (Phi) is 4.69. The monoisotopic (exact) mass is 344 g/mol. The van der Waals surface area contributed by atoms with Crippen LogP contribution in [0.2, 0.25) is 0 Å². The average molecular weight is 344 g/mol. The van der Waals surface area contributed by atoms with E-state index in [1.165, 1.54) is 11.0 Å². The Balaban J connectivity index is 1.98. The normalized spacial score (nSPS) is 23.2. The first-order valence-electron chi connectivity index (χ1n) is 8.08. The van der Waals surface area contributed by atoms with Crippen molar-refractivity contribution in [3.63, 3.8) is 0 Å². The van der Waals surface area contributed by atoms with Gasteiger partial charge in [-0.3, -0.25) is 9.78 Å². The Bertz CT molecular complexity index is 738. The standard InChI is InChI=1S/C18H20N2O5/c1-3-6-25-18(24)16-13(11-4-5-12(9-21)19-8-11)7-14-15(10(2)22)17(23)20(14)16/h3-5,8,10,14-15,21-22H,1,6-7,9H2,2H3/t10-,14-,15-/m1/s1. The quantitative estimate of drug-likeness (QED) is 0.446. The zero-order chi connectivity index (χ0) is 18.1. The fourth-order valence-electron chi connectivity index (χ4n) is 3.42. The molecule has 1 aromatic heterocycles. The molecule has 3 heterocycles. The van der Waals surface area contributed by atoms with Crippen LogP contribution in [0.5, 0.6) is 0 Å². The van der Waals surface area contributed by atoms with Crippen molar-refractivity contribution in [2.24, 2.45) is 5.92 Å². The molecule has 132 valence electrons. The summed E-state index contributed by atoms with van der Waals surface area (Å²) in [6.45, 7) is 4.96. The van der Waals surface area contributed by atoms with Crippen molar-refractivity contribution in [2.45, 2.75) is 32.1 Å². The fourth-order valence-corrected chi connectivity index (χ4v) is 3.42. The highest BCUT2D eigenvalue weighted by atomic mass is 16.5. The lowest BCUT2D eigenvalue weighted by molar-refractivity contribution is -0.162. The van der Waals surface area contributed by atoms with Gasteiger partial charge in [0.05, 0.1) is 30.4 Å². The molecule has 1 amide bonds. The molecule has 2 N–H and O–H groups in total. The molecule has 0 radical (unpaired) electrons. The third-order valence-corrected chi connectivity index (χ3v) is 4.59.